The number of rotatable bonds is 13. The summed E-state index contributed by atoms with van der Waals surface area (Å²) in [6.07, 6.45) is 4.56. The number of imidazole rings is 1. The normalized spacial score (nSPS) is 17.2. The second kappa shape index (κ2) is 23.7. The molecule has 0 saturated carbocycles. The van der Waals surface area contributed by atoms with E-state index in [-0.39, 0.29) is 50.7 Å². The lowest BCUT2D eigenvalue weighted by Crippen LogP contribution is -2.76. The number of fused-ring (bicyclic) bond motifs is 4. The molecule has 0 atom stereocenters. The molecule has 0 bridgehead atoms. The van der Waals surface area contributed by atoms with Gasteiger partial charge in [-0.25, -0.2) is 4.98 Å². The van der Waals surface area contributed by atoms with Crippen molar-refractivity contribution in [2.75, 3.05) is 0 Å². The van der Waals surface area contributed by atoms with Crippen molar-refractivity contribution in [2.45, 2.75) is 59.2 Å². The van der Waals surface area contributed by atoms with Crippen molar-refractivity contribution in [3.05, 3.63) is 332 Å². The van der Waals surface area contributed by atoms with Crippen molar-refractivity contribution in [2.24, 2.45) is 0 Å². The number of para-hydroxylation sites is 1. The second-order valence-corrected chi connectivity index (χ2v) is 27.7. The molecule has 0 unspecified atom stereocenters. The molecular weight excluding hydrogens is 1150 g/mol. The number of hydrogen-bond donors (Lipinski definition) is 0. The lowest BCUT2D eigenvalue weighted by Gasteiger charge is -2.37. The number of ether oxygens (including phenoxy) is 1. The maximum atomic E-state index is 10.3. The van der Waals surface area contributed by atoms with Crippen molar-refractivity contribution in [3.8, 4) is 73.2 Å². The van der Waals surface area contributed by atoms with Crippen LogP contribution in [0.5, 0.6) is 11.5 Å². The van der Waals surface area contributed by atoms with E-state index in [0.29, 0.717) is 32.9 Å². The third-order valence-electron chi connectivity index (χ3n) is 16.4. The molecule has 0 aliphatic heterocycles. The zero-order chi connectivity index (χ0) is 92.0. The molecule has 3 aromatic heterocycles. The third kappa shape index (κ3) is 10.8. The van der Waals surface area contributed by atoms with Gasteiger partial charge in [0.25, 0.3) is 6.33 Å². The summed E-state index contributed by atoms with van der Waals surface area (Å²) < 4.78 is 321. The van der Waals surface area contributed by atoms with E-state index in [1.165, 1.54) is 15.2 Å². The van der Waals surface area contributed by atoms with Gasteiger partial charge in [-0.2, -0.15) is 0 Å². The monoisotopic (exact) mass is 1250 g/mol. The zero-order valence-corrected chi connectivity index (χ0v) is 51.8. The lowest BCUT2D eigenvalue weighted by molar-refractivity contribution is -0.570. The maximum absolute atomic E-state index is 10.3. The van der Waals surface area contributed by atoms with Gasteiger partial charge < -0.3 is 4.74 Å². The fourth-order valence-corrected chi connectivity index (χ4v) is 15.9. The van der Waals surface area contributed by atoms with Gasteiger partial charge in [-0.1, -0.05) is 283 Å². The molecule has 12 aromatic carbocycles. The summed E-state index contributed by atoms with van der Waals surface area (Å²) in [6, 6.07) is 2.02. The number of nitrogens with zero attached hydrogens (tertiary/aromatic N) is 4. The van der Waals surface area contributed by atoms with Crippen molar-refractivity contribution >= 4 is 61.7 Å². The Morgan fingerprint density at radius 3 is 1.60 bits per heavy atom. The van der Waals surface area contributed by atoms with Crippen LogP contribution in [0, 0.1) is 13.2 Å². The molecule has 3 heterocycles. The Morgan fingerprint density at radius 1 is 0.452 bits per heavy atom. The standard InChI is InChI=1S/C87H72N4OSi/c1-60-49-84(88-58-78(60)63-33-18-10-19-34-63)91-79-44-27-26-43-75(79)76-47-46-71(57-81(76)91)92-70-36-28-35-69(56-70)89-59-90(80-48-45-64(53-82(80)89)65-50-67(86(2,3)4)55-68(51-65)87(5,6)7)85-77(62-31-16-9-17-32-62)52-66(61-29-14-8-15-30-61)54-83(85)93(72-37-20-11-21-38-72,73-39-22-12-23-40-73)74-41-24-13-25-42-74/h8-58H,1-7H3/i1D3,8D,9D,10D,11D,12D,13D,14D,15D,16D,17D,18D,19D,20D,21D,22D,23D,24D,25D,29D,30D,31D,32D,33D,34D,37D,38D,39D,40D,41D,42D. The highest BCUT2D eigenvalue weighted by Gasteiger charge is 2.44. The Labute approximate surface area is 593 Å². The average molecular weight is 1250 g/mol. The van der Waals surface area contributed by atoms with Crippen molar-refractivity contribution in [1.82, 2.24) is 14.1 Å². The first kappa shape index (κ1) is 32.4. The fourth-order valence-electron chi connectivity index (χ4n) is 11.9. The topological polar surface area (TPSA) is 35.9 Å². The van der Waals surface area contributed by atoms with Crippen molar-refractivity contribution in [3.63, 3.8) is 0 Å². The second-order valence-electron chi connectivity index (χ2n) is 24.2. The SMILES string of the molecule is [2H]c1c([2H])c([2H])c(-c2cc(-c3c([2H])c([2H])c([2H])c([2H])c3[2H])c(-[n+]3[c-]n(-c4cccc(Oc5ccc6c7ccccc7n(-c7cc(C([2H])([2H])[2H])c(-c8c([2H])c([2H])c([2H])c([2H])c8[2H])cn7)c6c5)c4)c4cc(-c5cc(C(C)(C)C)cc(C(C)(C)C)c5)ccc43)c([Si](c3c([2H])c([2H])c([2H])c([2H])c3[2H])(c3c([2H])c([2H])c([2H])c([2H])c3[2H])c3c([2H])c([2H])c([2H])c([2H])c3[2H])c2)c([2H])c1[2H]. The fraction of sp³-hybridized carbons (Fsp3) is 0.103. The molecule has 0 aliphatic carbocycles. The summed E-state index contributed by atoms with van der Waals surface area (Å²) in [6.45, 7) is 9.29. The van der Waals surface area contributed by atoms with Crippen LogP contribution < -0.4 is 30.1 Å². The molecule has 5 nitrogen and oxygen atoms in total. The third-order valence-corrected chi connectivity index (χ3v) is 20.6. The molecule has 0 aliphatic rings. The minimum atomic E-state index is -6.68. The predicted octanol–water partition coefficient (Wildman–Crippen LogP) is 18.9. The van der Waals surface area contributed by atoms with Crippen LogP contribution >= 0.6 is 0 Å². The molecule has 0 fully saturated rings. The van der Waals surface area contributed by atoms with Crippen LogP contribution in [0.25, 0.3) is 94.5 Å². The van der Waals surface area contributed by atoms with E-state index < -0.39 is 256 Å². The maximum Gasteiger partial charge on any atom is 0.269 e. The largest absolute Gasteiger partial charge is 0.458 e. The van der Waals surface area contributed by atoms with Crippen LogP contribution in [0.2, 0.25) is 0 Å². The number of benzene rings is 12. The van der Waals surface area contributed by atoms with Crippen LogP contribution in [0.3, 0.4) is 0 Å². The summed E-state index contributed by atoms with van der Waals surface area (Å²) in [5, 5.41) is -2.70. The Hall–Kier alpha value is -10.9. The van der Waals surface area contributed by atoms with Gasteiger partial charge in [0.15, 0.2) is 8.07 Å². The number of hydrogen-bond acceptors (Lipinski definition) is 2. The molecule has 0 spiro atoms. The van der Waals surface area contributed by atoms with Gasteiger partial charge in [0.05, 0.1) is 74.6 Å². The van der Waals surface area contributed by atoms with Gasteiger partial charge in [0, 0.05) is 32.7 Å². The molecular formula is C87H72N4OSi. The van der Waals surface area contributed by atoms with E-state index in [1.54, 1.807) is 83.4 Å². The highest BCUT2D eigenvalue weighted by atomic mass is 28.3. The van der Waals surface area contributed by atoms with Crippen LogP contribution in [-0.4, -0.2) is 22.2 Å². The highest BCUT2D eigenvalue weighted by molar-refractivity contribution is 7.20. The summed E-state index contributed by atoms with van der Waals surface area (Å²) >= 11 is 0. The molecule has 0 N–H and O–H groups in total. The van der Waals surface area contributed by atoms with Gasteiger partial charge in [-0.05, 0) is 149 Å². The van der Waals surface area contributed by atoms with Crippen LogP contribution in [0.15, 0.2) is 309 Å². The quantitative estimate of drug-likeness (QED) is 0.0499. The minimum Gasteiger partial charge on any atom is -0.458 e. The smallest absolute Gasteiger partial charge is 0.269 e. The van der Waals surface area contributed by atoms with Gasteiger partial charge in [-0.15, -0.1) is 0 Å². The van der Waals surface area contributed by atoms with Crippen LogP contribution in [0.1, 0.15) is 103 Å². The lowest BCUT2D eigenvalue weighted by atomic mass is 9.79. The van der Waals surface area contributed by atoms with E-state index in [4.69, 9.17) is 30.3 Å². The summed E-state index contributed by atoms with van der Waals surface area (Å²) in [5.41, 5.74) is -1.23. The van der Waals surface area contributed by atoms with E-state index in [0.717, 1.165) is 29.5 Å². The molecule has 15 rings (SSSR count). The van der Waals surface area contributed by atoms with Crippen molar-refractivity contribution < 1.29 is 54.5 Å². The molecule has 15 aromatic rings. The predicted molar refractivity (Wildman–Crippen MR) is 390 cm³/mol. The first-order valence-corrected chi connectivity index (χ1v) is 31.5. The molecule has 0 saturated heterocycles. The van der Waals surface area contributed by atoms with E-state index >= 15 is 0 Å². The van der Waals surface area contributed by atoms with Gasteiger partial charge >= 0.3 is 0 Å². The summed E-state index contributed by atoms with van der Waals surface area (Å²) in [7, 11) is -6.68. The zero-order valence-electron chi connectivity index (χ0n) is 83.8. The number of aromatic nitrogens is 4. The van der Waals surface area contributed by atoms with Gasteiger partial charge in [-0.3, -0.25) is 13.7 Å². The molecule has 450 valence electrons. The van der Waals surface area contributed by atoms with Crippen LogP contribution in [0.4, 0.5) is 0 Å². The van der Waals surface area contributed by atoms with Crippen molar-refractivity contribution in [1.29, 1.82) is 0 Å². The summed E-state index contributed by atoms with van der Waals surface area (Å²) in [4.78, 5) is 4.73. The first-order chi connectivity index (χ1) is 58.9. The average Bonchev–Trinajstić information content (AvgIpc) is 0.735. The number of aryl methyl sites for hydroxylation is 1. The molecule has 0 amide bonds. The Bertz CT molecular complexity index is 6910. The Balaban J connectivity index is 1.12. The minimum absolute atomic E-state index is 0.0421. The van der Waals surface area contributed by atoms with Crippen LogP contribution in [-0.2, 0) is 10.8 Å². The Morgan fingerprint density at radius 2 is 1.00 bits per heavy atom. The highest BCUT2D eigenvalue weighted by Crippen LogP contribution is 2.40. The van der Waals surface area contributed by atoms with E-state index in [1.807, 2.05) is 59.7 Å². The first-order valence-electron chi connectivity index (χ1n) is 46.0. The van der Waals surface area contributed by atoms with Gasteiger partial charge in [0.1, 0.15) is 17.3 Å². The Kier molecular flexibility index (Phi) is 8.26. The molecule has 6 heteroatoms. The molecule has 93 heavy (non-hydrogen) atoms. The van der Waals surface area contributed by atoms with E-state index in [9.17, 15) is 24.7 Å². The van der Waals surface area contributed by atoms with E-state index in [2.05, 4.69) is 12.4 Å². The van der Waals surface area contributed by atoms with Gasteiger partial charge in [0.2, 0.25) is 0 Å². The summed E-state index contributed by atoms with van der Waals surface area (Å²) in [5.74, 6) is 0.287. The number of pyridine rings is 1. The molecule has 0 radical (unpaired) electrons.